The summed E-state index contributed by atoms with van der Waals surface area (Å²) in [6.07, 6.45) is 4.78. The number of nitrogens with zero attached hydrogens (tertiary/aromatic N) is 2. The molecule has 1 atom stereocenters. The number of carbonyl (C=O) groups excluding carboxylic acids is 1. The van der Waals surface area contributed by atoms with E-state index in [0.717, 1.165) is 25.2 Å². The molecule has 5 nitrogen and oxygen atoms in total. The molecule has 0 bridgehead atoms. The van der Waals surface area contributed by atoms with Gasteiger partial charge in [-0.15, -0.1) is 0 Å². The van der Waals surface area contributed by atoms with Crippen LogP contribution >= 0.6 is 12.2 Å². The van der Waals surface area contributed by atoms with E-state index < -0.39 is 5.91 Å². The number of benzene rings is 1. The second kappa shape index (κ2) is 6.75. The highest BCUT2D eigenvalue weighted by atomic mass is 32.1. The summed E-state index contributed by atoms with van der Waals surface area (Å²) in [7, 11) is 0. The van der Waals surface area contributed by atoms with E-state index in [-0.39, 0.29) is 0 Å². The number of carbonyl (C=O) groups is 1. The molecule has 6 heteroatoms. The second-order valence-electron chi connectivity index (χ2n) is 5.59. The maximum Gasteiger partial charge on any atom is 0.248 e. The first-order valence-electron chi connectivity index (χ1n) is 7.49. The van der Waals surface area contributed by atoms with Crippen LogP contribution in [-0.2, 0) is 0 Å². The first-order valence-corrected chi connectivity index (χ1v) is 7.90. The van der Waals surface area contributed by atoms with Crippen LogP contribution in [0.3, 0.4) is 0 Å². The van der Waals surface area contributed by atoms with Gasteiger partial charge in [-0.05, 0) is 54.5 Å². The number of hydrogen-bond donors (Lipinski definition) is 2. The number of nitrogens with two attached hydrogens (primary N) is 1. The van der Waals surface area contributed by atoms with Crippen LogP contribution in [0.2, 0.25) is 0 Å². The number of anilines is 1. The predicted octanol–water partition coefficient (Wildman–Crippen LogP) is 2.37. The maximum absolute atomic E-state index is 11.1. The molecular weight excluding hydrogens is 308 g/mol. The van der Waals surface area contributed by atoms with Crippen molar-refractivity contribution in [1.29, 1.82) is 0 Å². The molecule has 1 amide bonds. The molecule has 2 heterocycles. The minimum atomic E-state index is -0.432. The van der Waals surface area contributed by atoms with Crippen molar-refractivity contribution in [3.05, 3.63) is 59.9 Å². The summed E-state index contributed by atoms with van der Waals surface area (Å²) in [5.74, 6) is 0.0265. The van der Waals surface area contributed by atoms with Crippen LogP contribution in [0.15, 0.2) is 48.8 Å². The van der Waals surface area contributed by atoms with E-state index in [4.69, 9.17) is 18.0 Å². The molecule has 0 radical (unpaired) electrons. The smallest absolute Gasteiger partial charge is 0.248 e. The molecule has 2 aromatic rings. The first kappa shape index (κ1) is 15.4. The Bertz CT molecular complexity index is 702. The second-order valence-corrected chi connectivity index (χ2v) is 5.98. The lowest BCUT2D eigenvalue weighted by Gasteiger charge is -2.20. The zero-order valence-electron chi connectivity index (χ0n) is 12.6. The highest BCUT2D eigenvalue weighted by Gasteiger charge is 2.25. The Morgan fingerprint density at radius 1 is 1.30 bits per heavy atom. The summed E-state index contributed by atoms with van der Waals surface area (Å²) in [5.41, 5.74) is 7.83. The first-order chi connectivity index (χ1) is 11.1. The largest absolute Gasteiger partial charge is 0.366 e. The van der Waals surface area contributed by atoms with Gasteiger partial charge in [-0.25, -0.2) is 0 Å². The van der Waals surface area contributed by atoms with Gasteiger partial charge in [-0.3, -0.25) is 9.78 Å². The predicted molar refractivity (Wildman–Crippen MR) is 94.3 cm³/mol. The fraction of sp³-hybridized carbons (Fsp3) is 0.235. The van der Waals surface area contributed by atoms with Crippen molar-refractivity contribution < 1.29 is 4.79 Å². The Kier molecular flexibility index (Phi) is 4.52. The molecule has 0 aliphatic carbocycles. The van der Waals surface area contributed by atoms with E-state index in [9.17, 15) is 4.79 Å². The van der Waals surface area contributed by atoms with Gasteiger partial charge < -0.3 is 16.0 Å². The lowest BCUT2D eigenvalue weighted by Crippen LogP contribution is -2.32. The van der Waals surface area contributed by atoms with Crippen molar-refractivity contribution in [3.63, 3.8) is 0 Å². The molecule has 23 heavy (non-hydrogen) atoms. The minimum Gasteiger partial charge on any atom is -0.366 e. The fourth-order valence-electron chi connectivity index (χ4n) is 2.75. The van der Waals surface area contributed by atoms with E-state index >= 15 is 0 Å². The van der Waals surface area contributed by atoms with Gasteiger partial charge in [0.1, 0.15) is 0 Å². The molecule has 1 unspecified atom stereocenters. The van der Waals surface area contributed by atoms with E-state index in [1.165, 1.54) is 5.56 Å². The van der Waals surface area contributed by atoms with Gasteiger partial charge in [-0.1, -0.05) is 6.07 Å². The number of aromatic nitrogens is 1. The number of nitrogens with one attached hydrogen (secondary N) is 1. The van der Waals surface area contributed by atoms with Crippen LogP contribution in [0.25, 0.3) is 0 Å². The summed E-state index contributed by atoms with van der Waals surface area (Å²) < 4.78 is 0. The number of hydrogen-bond acceptors (Lipinski definition) is 3. The summed E-state index contributed by atoms with van der Waals surface area (Å²) in [6, 6.07) is 11.1. The van der Waals surface area contributed by atoms with Crippen molar-refractivity contribution in [1.82, 2.24) is 9.88 Å². The monoisotopic (exact) mass is 326 g/mol. The third-order valence-electron chi connectivity index (χ3n) is 4.05. The standard InChI is InChI=1S/C17H18N4OS/c18-16(22)12-3-5-15(6-4-12)20-17(23)21-9-7-14(11-21)13-2-1-8-19-10-13/h1-6,8,10,14H,7,9,11H2,(H2,18,22)(H,20,23). The average molecular weight is 326 g/mol. The highest BCUT2D eigenvalue weighted by molar-refractivity contribution is 7.80. The fourth-order valence-corrected chi connectivity index (χ4v) is 3.04. The van der Waals surface area contributed by atoms with Gasteiger partial charge in [0.25, 0.3) is 0 Å². The molecule has 3 rings (SSSR count). The highest BCUT2D eigenvalue weighted by Crippen LogP contribution is 2.27. The summed E-state index contributed by atoms with van der Waals surface area (Å²) >= 11 is 5.49. The van der Waals surface area contributed by atoms with Crippen LogP contribution in [0, 0.1) is 0 Å². The maximum atomic E-state index is 11.1. The number of primary amides is 1. The number of amides is 1. The number of pyridine rings is 1. The van der Waals surface area contributed by atoms with Gasteiger partial charge >= 0.3 is 0 Å². The molecule has 118 valence electrons. The quantitative estimate of drug-likeness (QED) is 0.847. The van der Waals surface area contributed by atoms with Gasteiger partial charge in [-0.2, -0.15) is 0 Å². The third-order valence-corrected chi connectivity index (χ3v) is 4.41. The van der Waals surface area contributed by atoms with Crippen LogP contribution in [0.1, 0.15) is 28.3 Å². The molecule has 0 spiro atoms. The minimum absolute atomic E-state index is 0.432. The molecule has 1 aliphatic rings. The normalized spacial score (nSPS) is 17.0. The molecule has 1 aromatic carbocycles. The van der Waals surface area contributed by atoms with E-state index in [0.29, 0.717) is 16.6 Å². The summed E-state index contributed by atoms with van der Waals surface area (Å²) in [6.45, 7) is 1.81. The van der Waals surface area contributed by atoms with Gasteiger partial charge in [0, 0.05) is 42.7 Å². The van der Waals surface area contributed by atoms with E-state index in [2.05, 4.69) is 21.3 Å². The van der Waals surface area contributed by atoms with Crippen molar-refractivity contribution in [2.75, 3.05) is 18.4 Å². The van der Waals surface area contributed by atoms with Gasteiger partial charge in [0.15, 0.2) is 5.11 Å². The lowest BCUT2D eigenvalue weighted by molar-refractivity contribution is 0.100. The van der Waals surface area contributed by atoms with Gasteiger partial charge in [0.2, 0.25) is 5.91 Å². The SMILES string of the molecule is NC(=O)c1ccc(NC(=S)N2CCC(c3cccnc3)C2)cc1. The summed E-state index contributed by atoms with van der Waals surface area (Å²) in [5, 5.41) is 3.91. The van der Waals surface area contributed by atoms with Crippen molar-refractivity contribution in [2.45, 2.75) is 12.3 Å². The topological polar surface area (TPSA) is 71.2 Å². The molecule has 0 saturated carbocycles. The van der Waals surface area contributed by atoms with Crippen LogP contribution < -0.4 is 11.1 Å². The van der Waals surface area contributed by atoms with Crippen LogP contribution in [-0.4, -0.2) is 34.0 Å². The lowest BCUT2D eigenvalue weighted by atomic mass is 10.0. The Labute approximate surface area is 140 Å². The van der Waals surface area contributed by atoms with Crippen LogP contribution in [0.4, 0.5) is 5.69 Å². The Hall–Kier alpha value is -2.47. The zero-order valence-corrected chi connectivity index (χ0v) is 13.4. The number of thiocarbonyl (C=S) groups is 1. The average Bonchev–Trinajstić information content (AvgIpc) is 3.06. The Morgan fingerprint density at radius 3 is 2.74 bits per heavy atom. The molecule has 1 aliphatic heterocycles. The molecule has 1 saturated heterocycles. The zero-order chi connectivity index (χ0) is 16.2. The summed E-state index contributed by atoms with van der Waals surface area (Å²) in [4.78, 5) is 17.4. The molecule has 1 fully saturated rings. The molecular formula is C17H18N4OS. The van der Waals surface area contributed by atoms with Crippen molar-refractivity contribution in [3.8, 4) is 0 Å². The molecule has 1 aromatic heterocycles. The van der Waals surface area contributed by atoms with E-state index in [1.807, 2.05) is 12.3 Å². The third kappa shape index (κ3) is 3.65. The van der Waals surface area contributed by atoms with Crippen LogP contribution in [0.5, 0.6) is 0 Å². The van der Waals surface area contributed by atoms with Crippen molar-refractivity contribution in [2.24, 2.45) is 5.73 Å². The van der Waals surface area contributed by atoms with E-state index in [1.54, 1.807) is 30.5 Å². The van der Waals surface area contributed by atoms with Crippen molar-refractivity contribution >= 4 is 28.9 Å². The Balaban J connectivity index is 1.60. The molecule has 3 N–H and O–H groups in total. The number of likely N-dealkylation sites (tertiary alicyclic amines) is 1. The Morgan fingerprint density at radius 2 is 2.09 bits per heavy atom. The number of rotatable bonds is 3. The van der Waals surface area contributed by atoms with Gasteiger partial charge in [0.05, 0.1) is 0 Å².